The number of piperidine rings is 1. The van der Waals surface area contributed by atoms with Crippen molar-refractivity contribution in [3.63, 3.8) is 0 Å². The number of hydrogen-bond acceptors (Lipinski definition) is 8. The molecule has 2 fully saturated rings. The lowest BCUT2D eigenvalue weighted by molar-refractivity contribution is -0.142. The van der Waals surface area contributed by atoms with Crippen molar-refractivity contribution in [1.82, 2.24) is 14.9 Å². The van der Waals surface area contributed by atoms with Gasteiger partial charge in [0.05, 0.1) is 11.9 Å². The number of aliphatic hydroxyl groups excluding tert-OH is 1. The lowest BCUT2D eigenvalue weighted by Crippen LogP contribution is -2.50. The van der Waals surface area contributed by atoms with E-state index >= 15 is 0 Å². The van der Waals surface area contributed by atoms with Crippen LogP contribution in [0.25, 0.3) is 0 Å². The van der Waals surface area contributed by atoms with Crippen molar-refractivity contribution < 1.29 is 32.3 Å². The van der Waals surface area contributed by atoms with E-state index in [0.29, 0.717) is 63.5 Å². The molecule has 2 aliphatic rings. The molecule has 10 nitrogen and oxygen atoms in total. The fraction of sp³-hybridized carbons (Fsp3) is 0.371. The molecule has 2 aliphatic heterocycles. The van der Waals surface area contributed by atoms with Crippen LogP contribution in [0.2, 0.25) is 0 Å². The number of alkyl halides is 3. The summed E-state index contributed by atoms with van der Waals surface area (Å²) in [6, 6.07) is 18.5. The molecule has 4 aromatic rings. The van der Waals surface area contributed by atoms with Gasteiger partial charge in [-0.15, -0.1) is 0 Å². The van der Waals surface area contributed by atoms with E-state index in [0.717, 1.165) is 11.1 Å². The number of nitrogens with zero attached hydrogens (tertiary/aromatic N) is 5. The number of hydrogen-bond donors (Lipinski definition) is 2. The van der Waals surface area contributed by atoms with E-state index in [-0.39, 0.29) is 23.5 Å². The molecular formula is C35H37F3N6O4. The van der Waals surface area contributed by atoms with Crippen molar-refractivity contribution in [3.05, 3.63) is 101 Å². The molecule has 0 radical (unpaired) electrons. The first kappa shape index (κ1) is 33.0. The Bertz CT molecular complexity index is 1750. The van der Waals surface area contributed by atoms with Crippen LogP contribution in [-0.4, -0.2) is 71.1 Å². The molecule has 2 N–H and O–H groups in total. The Labute approximate surface area is 276 Å². The molecule has 1 unspecified atom stereocenters. The summed E-state index contributed by atoms with van der Waals surface area (Å²) in [5.74, 6) is -1.49. The maximum Gasteiger partial charge on any atom is 0.437 e. The van der Waals surface area contributed by atoms with Crippen LogP contribution in [0.3, 0.4) is 0 Å². The summed E-state index contributed by atoms with van der Waals surface area (Å²) in [5, 5.41) is 13.2. The topological polar surface area (TPSA) is 115 Å². The third-order valence-corrected chi connectivity index (χ3v) is 9.01. The van der Waals surface area contributed by atoms with Crippen molar-refractivity contribution in [2.45, 2.75) is 44.9 Å². The smallest absolute Gasteiger partial charge is 0.417 e. The number of carbonyl (C=O) groups is 2. The summed E-state index contributed by atoms with van der Waals surface area (Å²) in [4.78, 5) is 39.4. The van der Waals surface area contributed by atoms with Gasteiger partial charge < -0.3 is 29.5 Å². The van der Waals surface area contributed by atoms with Crippen LogP contribution >= 0.6 is 0 Å². The average Bonchev–Trinajstić information content (AvgIpc) is 3.57. The Morgan fingerprint density at radius 2 is 1.65 bits per heavy atom. The van der Waals surface area contributed by atoms with Gasteiger partial charge in [-0.3, -0.25) is 9.59 Å². The van der Waals surface area contributed by atoms with Gasteiger partial charge in [-0.25, -0.2) is 4.98 Å². The molecule has 2 amide bonds. The minimum atomic E-state index is -4.89. The van der Waals surface area contributed by atoms with Crippen molar-refractivity contribution >= 4 is 29.3 Å². The Kier molecular flexibility index (Phi) is 9.40. The number of halogens is 3. The molecule has 2 aromatic carbocycles. The first-order chi connectivity index (χ1) is 23.0. The molecule has 0 bridgehead atoms. The zero-order valence-electron chi connectivity index (χ0n) is 26.7. The first-order valence-corrected chi connectivity index (χ1v) is 15.9. The number of nitrogens with one attached hydrogen (secondary N) is 1. The van der Waals surface area contributed by atoms with E-state index in [9.17, 15) is 27.9 Å². The number of benzene rings is 2. The number of anilines is 3. The highest BCUT2D eigenvalue weighted by atomic mass is 19.4. The number of rotatable bonds is 7. The number of amides is 2. The number of carbonyl (C=O) groups excluding carboxylic acids is 2. The molecule has 13 heteroatoms. The molecule has 252 valence electrons. The second-order valence-electron chi connectivity index (χ2n) is 12.3. The van der Waals surface area contributed by atoms with Gasteiger partial charge in [0.15, 0.2) is 11.8 Å². The molecule has 4 heterocycles. The normalized spacial score (nSPS) is 16.6. The van der Waals surface area contributed by atoms with E-state index in [2.05, 4.69) is 15.3 Å². The van der Waals surface area contributed by atoms with Gasteiger partial charge in [-0.2, -0.15) is 18.2 Å². The van der Waals surface area contributed by atoms with E-state index < -0.39 is 29.6 Å². The largest absolute Gasteiger partial charge is 0.437 e. The molecule has 6 rings (SSSR count). The summed E-state index contributed by atoms with van der Waals surface area (Å²) in [6.45, 7) is 6.32. The number of pyridine rings is 1. The standard InChI is InChI=1S/C35H37F3N6O4/c1-22-8-9-23(2)27(20-22)29(45)33(47)43-18-16-42(17-19-43)28-11-10-26(21-39-28)40-32(46)30-31(35(36,37)38)41-34(48-30)44-14-12-25(13-15-44)24-6-4-3-5-7-24/h3-11,20-21,25,29,45H,12-19H2,1-2H3,(H,40,46). The van der Waals surface area contributed by atoms with E-state index in [1.807, 2.05) is 67.3 Å². The van der Waals surface area contributed by atoms with Gasteiger partial charge in [-0.05, 0) is 61.4 Å². The molecule has 1 atom stereocenters. The van der Waals surface area contributed by atoms with Gasteiger partial charge >= 0.3 is 6.18 Å². The summed E-state index contributed by atoms with van der Waals surface area (Å²) in [7, 11) is 0. The van der Waals surface area contributed by atoms with Crippen LogP contribution in [0, 0.1) is 13.8 Å². The molecule has 2 saturated heterocycles. The van der Waals surface area contributed by atoms with Gasteiger partial charge in [0, 0.05) is 39.3 Å². The number of aliphatic hydroxyl groups is 1. The van der Waals surface area contributed by atoms with E-state index in [4.69, 9.17) is 4.42 Å². The molecule has 0 aliphatic carbocycles. The first-order valence-electron chi connectivity index (χ1n) is 15.9. The van der Waals surface area contributed by atoms with Crippen molar-refractivity contribution in [3.8, 4) is 0 Å². The second-order valence-corrected chi connectivity index (χ2v) is 12.3. The maximum atomic E-state index is 13.9. The molecular weight excluding hydrogens is 625 g/mol. The van der Waals surface area contributed by atoms with Crippen LogP contribution in [-0.2, 0) is 11.0 Å². The Morgan fingerprint density at radius 3 is 2.29 bits per heavy atom. The maximum absolute atomic E-state index is 13.9. The highest BCUT2D eigenvalue weighted by Gasteiger charge is 2.42. The Hall–Kier alpha value is -4.91. The predicted octanol–water partition coefficient (Wildman–Crippen LogP) is 5.72. The van der Waals surface area contributed by atoms with E-state index in [1.54, 1.807) is 21.9 Å². The predicted molar refractivity (Wildman–Crippen MR) is 174 cm³/mol. The third-order valence-electron chi connectivity index (χ3n) is 9.01. The average molecular weight is 663 g/mol. The Balaban J connectivity index is 1.06. The van der Waals surface area contributed by atoms with Gasteiger partial charge in [0.2, 0.25) is 5.76 Å². The number of aromatic nitrogens is 2. The van der Waals surface area contributed by atoms with Gasteiger partial charge in [-0.1, -0.05) is 54.1 Å². The van der Waals surface area contributed by atoms with Crippen LogP contribution in [0.4, 0.5) is 30.7 Å². The van der Waals surface area contributed by atoms with Crippen LogP contribution < -0.4 is 15.1 Å². The summed E-state index contributed by atoms with van der Waals surface area (Å²) >= 11 is 0. The summed E-state index contributed by atoms with van der Waals surface area (Å²) in [6.07, 6.45) is -3.35. The van der Waals surface area contributed by atoms with Crippen LogP contribution in [0.1, 0.15) is 63.4 Å². The van der Waals surface area contributed by atoms with Crippen LogP contribution in [0.5, 0.6) is 0 Å². The summed E-state index contributed by atoms with van der Waals surface area (Å²) in [5.41, 5.74) is 2.38. The lowest BCUT2D eigenvalue weighted by atomic mass is 9.90. The zero-order valence-corrected chi connectivity index (χ0v) is 26.7. The van der Waals surface area contributed by atoms with Crippen molar-refractivity contribution in [2.24, 2.45) is 0 Å². The Morgan fingerprint density at radius 1 is 0.938 bits per heavy atom. The second kappa shape index (κ2) is 13.7. The zero-order chi connectivity index (χ0) is 34.0. The minimum Gasteiger partial charge on any atom is -0.417 e. The molecule has 0 saturated carbocycles. The van der Waals surface area contributed by atoms with Crippen molar-refractivity contribution in [2.75, 3.05) is 54.4 Å². The van der Waals surface area contributed by atoms with Gasteiger partial charge in [0.1, 0.15) is 5.82 Å². The fourth-order valence-electron chi connectivity index (χ4n) is 6.27. The van der Waals surface area contributed by atoms with Crippen LogP contribution in [0.15, 0.2) is 71.3 Å². The third kappa shape index (κ3) is 7.15. The van der Waals surface area contributed by atoms with Gasteiger partial charge in [0.25, 0.3) is 17.8 Å². The monoisotopic (exact) mass is 662 g/mol. The van der Waals surface area contributed by atoms with E-state index in [1.165, 1.54) is 11.8 Å². The van der Waals surface area contributed by atoms with Crippen molar-refractivity contribution in [1.29, 1.82) is 0 Å². The molecule has 2 aromatic heterocycles. The molecule has 48 heavy (non-hydrogen) atoms. The highest BCUT2D eigenvalue weighted by molar-refractivity contribution is 6.03. The quantitative estimate of drug-likeness (QED) is 0.258. The number of oxazole rings is 1. The fourth-order valence-corrected chi connectivity index (χ4v) is 6.27. The highest BCUT2D eigenvalue weighted by Crippen LogP contribution is 2.36. The number of piperazine rings is 1. The SMILES string of the molecule is Cc1ccc(C)c(C(O)C(=O)N2CCN(c3ccc(NC(=O)c4oc(N5CCC(c6ccccc6)CC5)nc4C(F)(F)F)cn3)CC2)c1. The summed E-state index contributed by atoms with van der Waals surface area (Å²) < 4.78 is 47.3. The lowest BCUT2D eigenvalue weighted by Gasteiger charge is -2.36. The molecule has 0 spiro atoms. The number of aryl methyl sites for hydroxylation is 2. The minimum absolute atomic E-state index is 0.184.